The van der Waals surface area contributed by atoms with Gasteiger partial charge in [-0.3, -0.25) is 4.79 Å². The number of hydrogen-bond acceptors (Lipinski definition) is 6. The van der Waals surface area contributed by atoms with Crippen molar-refractivity contribution in [2.45, 2.75) is 61.0 Å². The Morgan fingerprint density at radius 2 is 1.84 bits per heavy atom. The van der Waals surface area contributed by atoms with Crippen LogP contribution in [0.1, 0.15) is 52.9 Å². The highest BCUT2D eigenvalue weighted by Gasteiger charge is 2.44. The average Bonchev–Trinajstić information content (AvgIpc) is 3.17. The van der Waals surface area contributed by atoms with Gasteiger partial charge >= 0.3 is 6.18 Å². The van der Waals surface area contributed by atoms with Crippen molar-refractivity contribution in [1.29, 1.82) is 5.26 Å². The normalized spacial score (nSPS) is 20.9. The van der Waals surface area contributed by atoms with E-state index in [1.165, 1.54) is 0 Å². The monoisotopic (exact) mass is 524 g/mol. The molecule has 2 aliphatic heterocycles. The van der Waals surface area contributed by atoms with Crippen molar-refractivity contribution in [2.75, 3.05) is 0 Å². The molecule has 5 rings (SSSR count). The fourth-order valence-corrected chi connectivity index (χ4v) is 5.78. The molecule has 2 unspecified atom stereocenters. The third kappa shape index (κ3) is 5.72. The smallest absolute Gasteiger partial charge is 0.433 e. The van der Waals surface area contributed by atoms with E-state index in [0.29, 0.717) is 22.6 Å². The van der Waals surface area contributed by atoms with Crippen LogP contribution in [0.4, 0.5) is 13.2 Å². The van der Waals surface area contributed by atoms with Crippen LogP contribution in [0, 0.1) is 11.3 Å². The highest BCUT2D eigenvalue weighted by molar-refractivity contribution is 7.98. The molecule has 1 amide bonds. The SMILES string of the molecule is N#Cc1cccc(OC2CC3CCC(C2)N3C(=O)c2ccc(CSc3nccc(C(F)(F)F)n3)cc2)c1. The van der Waals surface area contributed by atoms with Crippen molar-refractivity contribution in [3.63, 3.8) is 0 Å². The van der Waals surface area contributed by atoms with Gasteiger partial charge in [-0.2, -0.15) is 18.4 Å². The molecule has 0 N–H and O–H groups in total. The third-order valence-electron chi connectivity index (χ3n) is 6.68. The van der Waals surface area contributed by atoms with Crippen LogP contribution >= 0.6 is 11.8 Å². The number of halogens is 3. The van der Waals surface area contributed by atoms with E-state index in [9.17, 15) is 18.0 Å². The van der Waals surface area contributed by atoms with Crippen molar-refractivity contribution < 1.29 is 22.7 Å². The van der Waals surface area contributed by atoms with Crippen LogP contribution in [0.3, 0.4) is 0 Å². The Bertz CT molecular complexity index is 1310. The number of aromatic nitrogens is 2. The minimum Gasteiger partial charge on any atom is -0.490 e. The lowest BCUT2D eigenvalue weighted by molar-refractivity contribution is -0.141. The van der Waals surface area contributed by atoms with Crippen LogP contribution in [0.5, 0.6) is 5.75 Å². The minimum atomic E-state index is -4.51. The lowest BCUT2D eigenvalue weighted by Crippen LogP contribution is -2.49. The first kappa shape index (κ1) is 25.1. The molecule has 6 nitrogen and oxygen atoms in total. The second-order valence-electron chi connectivity index (χ2n) is 9.16. The number of piperidine rings is 1. The maximum atomic E-state index is 13.3. The molecule has 3 aromatic rings. The standard InChI is InChI=1S/C27H23F3N4O2S/c28-27(29,30)24-10-11-32-26(33-24)37-16-17-4-6-19(7-5-17)25(35)34-20-8-9-21(34)14-23(13-20)36-22-3-1-2-18(12-22)15-31/h1-7,10-12,20-21,23H,8-9,13-14,16H2. The topological polar surface area (TPSA) is 79.1 Å². The van der Waals surface area contributed by atoms with Crippen molar-refractivity contribution in [3.8, 4) is 11.8 Å². The van der Waals surface area contributed by atoms with Gasteiger partial charge in [0.25, 0.3) is 5.91 Å². The van der Waals surface area contributed by atoms with Crippen LogP contribution in [-0.2, 0) is 11.9 Å². The van der Waals surface area contributed by atoms with Gasteiger partial charge in [-0.1, -0.05) is 30.0 Å². The van der Waals surface area contributed by atoms with Gasteiger partial charge < -0.3 is 9.64 Å². The Labute approximate surface area is 216 Å². The van der Waals surface area contributed by atoms with Gasteiger partial charge in [0.15, 0.2) is 5.16 Å². The Hall–Kier alpha value is -3.58. The molecule has 2 aromatic carbocycles. The van der Waals surface area contributed by atoms with Gasteiger partial charge in [-0.05, 0) is 54.8 Å². The summed E-state index contributed by atoms with van der Waals surface area (Å²) in [6, 6.07) is 17.4. The number of alkyl halides is 3. The van der Waals surface area contributed by atoms with Crippen molar-refractivity contribution >= 4 is 17.7 Å². The van der Waals surface area contributed by atoms with E-state index in [4.69, 9.17) is 10.00 Å². The van der Waals surface area contributed by atoms with E-state index in [1.807, 2.05) is 23.1 Å². The molecular weight excluding hydrogens is 501 g/mol. The predicted molar refractivity (Wildman–Crippen MR) is 131 cm³/mol. The van der Waals surface area contributed by atoms with Crippen LogP contribution in [0.25, 0.3) is 0 Å². The molecule has 1 aromatic heterocycles. The molecule has 0 aliphatic carbocycles. The van der Waals surface area contributed by atoms with Crippen molar-refractivity contribution in [1.82, 2.24) is 14.9 Å². The highest BCUT2D eigenvalue weighted by atomic mass is 32.2. The molecule has 2 aliphatic rings. The Balaban J connectivity index is 1.19. The first-order valence-corrected chi connectivity index (χ1v) is 12.9. The number of ether oxygens (including phenoxy) is 1. The summed E-state index contributed by atoms with van der Waals surface area (Å²) in [4.78, 5) is 22.8. The Morgan fingerprint density at radius 3 is 2.51 bits per heavy atom. The highest BCUT2D eigenvalue weighted by Crippen LogP contribution is 2.38. The summed E-state index contributed by atoms with van der Waals surface area (Å²) in [6.45, 7) is 0. The molecule has 37 heavy (non-hydrogen) atoms. The zero-order chi connectivity index (χ0) is 26.0. The number of nitriles is 1. The van der Waals surface area contributed by atoms with Crippen LogP contribution in [0.15, 0.2) is 66.0 Å². The summed E-state index contributed by atoms with van der Waals surface area (Å²) in [7, 11) is 0. The Morgan fingerprint density at radius 1 is 1.11 bits per heavy atom. The summed E-state index contributed by atoms with van der Waals surface area (Å²) in [5, 5.41) is 9.16. The predicted octanol–water partition coefficient (Wildman–Crippen LogP) is 5.87. The lowest BCUT2D eigenvalue weighted by atomic mass is 9.98. The summed E-state index contributed by atoms with van der Waals surface area (Å²) in [5.74, 6) is 1.04. The average molecular weight is 525 g/mol. The fraction of sp³-hybridized carbons (Fsp3) is 0.333. The van der Waals surface area contributed by atoms with Crippen LogP contribution in [0.2, 0.25) is 0 Å². The number of rotatable bonds is 6. The zero-order valence-electron chi connectivity index (χ0n) is 19.7. The first-order valence-electron chi connectivity index (χ1n) is 11.9. The second-order valence-corrected chi connectivity index (χ2v) is 10.1. The summed E-state index contributed by atoms with van der Waals surface area (Å²) in [6.07, 6.45) is -0.0715. The van der Waals surface area contributed by atoms with Gasteiger partial charge in [-0.25, -0.2) is 9.97 Å². The summed E-state index contributed by atoms with van der Waals surface area (Å²) < 4.78 is 44.7. The number of thioether (sulfide) groups is 1. The lowest BCUT2D eigenvalue weighted by Gasteiger charge is -2.39. The van der Waals surface area contributed by atoms with Crippen LogP contribution in [-0.4, -0.2) is 39.0 Å². The number of amides is 1. The quantitative estimate of drug-likeness (QED) is 0.296. The van der Waals surface area contributed by atoms with E-state index < -0.39 is 11.9 Å². The number of carbonyl (C=O) groups excluding carboxylic acids is 1. The minimum absolute atomic E-state index is 0.00652. The van der Waals surface area contributed by atoms with Gasteiger partial charge in [0, 0.05) is 42.4 Å². The van der Waals surface area contributed by atoms with E-state index in [1.54, 1.807) is 30.3 Å². The second kappa shape index (κ2) is 10.4. The zero-order valence-corrected chi connectivity index (χ0v) is 20.5. The summed E-state index contributed by atoms with van der Waals surface area (Å²) in [5.41, 5.74) is 1.03. The number of benzene rings is 2. The van der Waals surface area contributed by atoms with Gasteiger partial charge in [-0.15, -0.1) is 0 Å². The largest absolute Gasteiger partial charge is 0.490 e. The number of hydrogen-bond donors (Lipinski definition) is 0. The maximum absolute atomic E-state index is 13.3. The van der Waals surface area contributed by atoms with E-state index >= 15 is 0 Å². The van der Waals surface area contributed by atoms with Crippen molar-refractivity contribution in [3.05, 3.63) is 83.2 Å². The van der Waals surface area contributed by atoms with Crippen LogP contribution < -0.4 is 4.74 Å². The molecule has 2 fully saturated rings. The number of nitrogens with zero attached hydrogens (tertiary/aromatic N) is 4. The molecule has 2 bridgehead atoms. The molecule has 0 spiro atoms. The Kier molecular flexibility index (Phi) is 7.07. The van der Waals surface area contributed by atoms with Gasteiger partial charge in [0.1, 0.15) is 17.5 Å². The van der Waals surface area contributed by atoms with Gasteiger partial charge in [0.2, 0.25) is 0 Å². The fourth-order valence-electron chi connectivity index (χ4n) is 5.00. The molecule has 0 saturated carbocycles. The van der Waals surface area contributed by atoms with E-state index in [2.05, 4.69) is 16.0 Å². The molecule has 10 heteroatoms. The number of fused-ring (bicyclic) bond motifs is 2. The van der Waals surface area contributed by atoms with E-state index in [-0.39, 0.29) is 29.3 Å². The molecular formula is C27H23F3N4O2S. The maximum Gasteiger partial charge on any atom is 0.433 e. The first-order chi connectivity index (χ1) is 17.8. The molecule has 3 heterocycles. The van der Waals surface area contributed by atoms with E-state index in [0.717, 1.165) is 55.3 Å². The molecule has 190 valence electrons. The molecule has 2 saturated heterocycles. The molecule has 2 atom stereocenters. The molecule has 0 radical (unpaired) electrons. The third-order valence-corrected chi connectivity index (χ3v) is 7.62. The van der Waals surface area contributed by atoms with Gasteiger partial charge in [0.05, 0.1) is 11.6 Å². The number of carbonyl (C=O) groups is 1. The summed E-state index contributed by atoms with van der Waals surface area (Å²) >= 11 is 1.11. The van der Waals surface area contributed by atoms with Crippen molar-refractivity contribution in [2.24, 2.45) is 0 Å².